The fraction of sp³-hybridized carbons (Fsp3) is 0.364. The number of anilines is 1. The standard InChI is InChI=1S/C11H11ClN4O/c1-17-7-4-16(5-7)11-10-8(13-6-14-11)2-3-9(12)15-10/h2-3,6-7H,4-5H2,1H3. The van der Waals surface area contributed by atoms with E-state index in [4.69, 9.17) is 16.3 Å². The normalized spacial score (nSPS) is 16.2. The molecule has 3 heterocycles. The molecular weight excluding hydrogens is 240 g/mol. The minimum atomic E-state index is 0.277. The maximum Gasteiger partial charge on any atom is 0.158 e. The highest BCUT2D eigenvalue weighted by atomic mass is 35.5. The fourth-order valence-corrected chi connectivity index (χ4v) is 2.04. The van der Waals surface area contributed by atoms with Gasteiger partial charge in [0.05, 0.1) is 11.6 Å². The molecule has 5 nitrogen and oxygen atoms in total. The maximum absolute atomic E-state index is 5.90. The van der Waals surface area contributed by atoms with Crippen molar-refractivity contribution in [3.8, 4) is 0 Å². The first-order valence-electron chi connectivity index (χ1n) is 5.33. The highest BCUT2D eigenvalue weighted by molar-refractivity contribution is 6.29. The fourth-order valence-electron chi connectivity index (χ4n) is 1.90. The molecule has 0 aliphatic carbocycles. The largest absolute Gasteiger partial charge is 0.378 e. The van der Waals surface area contributed by atoms with Crippen LogP contribution in [0.5, 0.6) is 0 Å². The highest BCUT2D eigenvalue weighted by Crippen LogP contribution is 2.26. The summed E-state index contributed by atoms with van der Waals surface area (Å²) >= 11 is 5.90. The van der Waals surface area contributed by atoms with Crippen molar-refractivity contribution in [2.24, 2.45) is 0 Å². The number of fused-ring (bicyclic) bond motifs is 1. The second-order valence-electron chi connectivity index (χ2n) is 3.96. The van der Waals surface area contributed by atoms with Gasteiger partial charge in [0.2, 0.25) is 0 Å². The molecule has 2 aromatic heterocycles. The number of hydrogen-bond donors (Lipinski definition) is 0. The molecule has 0 unspecified atom stereocenters. The van der Waals surface area contributed by atoms with Crippen LogP contribution in [0.1, 0.15) is 0 Å². The van der Waals surface area contributed by atoms with E-state index >= 15 is 0 Å². The van der Waals surface area contributed by atoms with E-state index in [1.165, 1.54) is 0 Å². The highest BCUT2D eigenvalue weighted by Gasteiger charge is 2.29. The van der Waals surface area contributed by atoms with Crippen LogP contribution in [0, 0.1) is 0 Å². The minimum absolute atomic E-state index is 0.277. The quantitative estimate of drug-likeness (QED) is 0.757. The van der Waals surface area contributed by atoms with Gasteiger partial charge < -0.3 is 9.64 Å². The lowest BCUT2D eigenvalue weighted by Gasteiger charge is -2.39. The van der Waals surface area contributed by atoms with Crippen LogP contribution in [0.15, 0.2) is 18.5 Å². The third kappa shape index (κ3) is 1.81. The number of rotatable bonds is 2. The van der Waals surface area contributed by atoms with Gasteiger partial charge in [-0.05, 0) is 12.1 Å². The number of nitrogens with zero attached hydrogens (tertiary/aromatic N) is 4. The zero-order chi connectivity index (χ0) is 11.8. The number of ether oxygens (including phenoxy) is 1. The van der Waals surface area contributed by atoms with Crippen molar-refractivity contribution in [3.63, 3.8) is 0 Å². The van der Waals surface area contributed by atoms with Gasteiger partial charge in [-0.15, -0.1) is 0 Å². The molecular formula is C11H11ClN4O. The summed E-state index contributed by atoms with van der Waals surface area (Å²) in [5, 5.41) is 0.456. The van der Waals surface area contributed by atoms with Gasteiger partial charge in [0.25, 0.3) is 0 Å². The first-order valence-corrected chi connectivity index (χ1v) is 5.70. The number of aromatic nitrogens is 3. The van der Waals surface area contributed by atoms with Crippen molar-refractivity contribution in [2.75, 3.05) is 25.1 Å². The van der Waals surface area contributed by atoms with Gasteiger partial charge in [-0.3, -0.25) is 0 Å². The Hall–Kier alpha value is -1.46. The molecule has 0 atom stereocenters. The molecule has 0 spiro atoms. The van der Waals surface area contributed by atoms with Gasteiger partial charge >= 0.3 is 0 Å². The van der Waals surface area contributed by atoms with E-state index in [9.17, 15) is 0 Å². The van der Waals surface area contributed by atoms with E-state index in [0.29, 0.717) is 5.15 Å². The summed E-state index contributed by atoms with van der Waals surface area (Å²) in [6.07, 6.45) is 1.83. The Kier molecular flexibility index (Phi) is 2.57. The molecule has 3 rings (SSSR count). The Morgan fingerprint density at radius 1 is 1.35 bits per heavy atom. The number of methoxy groups -OCH3 is 1. The predicted molar refractivity (Wildman–Crippen MR) is 65.4 cm³/mol. The number of halogens is 1. The summed E-state index contributed by atoms with van der Waals surface area (Å²) in [4.78, 5) is 14.8. The van der Waals surface area contributed by atoms with Gasteiger partial charge in [0.1, 0.15) is 17.0 Å². The molecule has 2 aromatic rings. The minimum Gasteiger partial charge on any atom is -0.378 e. The van der Waals surface area contributed by atoms with Gasteiger partial charge in [0, 0.05) is 20.2 Å². The molecule has 1 fully saturated rings. The molecule has 0 aromatic carbocycles. The second kappa shape index (κ2) is 4.09. The lowest BCUT2D eigenvalue weighted by Crippen LogP contribution is -2.52. The van der Waals surface area contributed by atoms with Crippen LogP contribution in [-0.4, -0.2) is 41.3 Å². The first kappa shape index (κ1) is 10.7. The van der Waals surface area contributed by atoms with Gasteiger partial charge in [-0.2, -0.15) is 0 Å². The summed E-state index contributed by atoms with van der Waals surface area (Å²) in [5.41, 5.74) is 1.55. The van der Waals surface area contributed by atoms with Crippen molar-refractivity contribution in [2.45, 2.75) is 6.10 Å². The van der Waals surface area contributed by atoms with E-state index in [2.05, 4.69) is 19.9 Å². The second-order valence-corrected chi connectivity index (χ2v) is 4.35. The van der Waals surface area contributed by atoms with E-state index < -0.39 is 0 Å². The zero-order valence-corrected chi connectivity index (χ0v) is 10.1. The molecule has 0 N–H and O–H groups in total. The zero-order valence-electron chi connectivity index (χ0n) is 9.30. The van der Waals surface area contributed by atoms with Crippen molar-refractivity contribution in [1.82, 2.24) is 15.0 Å². The third-order valence-electron chi connectivity index (χ3n) is 2.91. The third-order valence-corrected chi connectivity index (χ3v) is 3.12. The first-order chi connectivity index (χ1) is 8.28. The molecule has 1 aliphatic rings. The maximum atomic E-state index is 5.90. The summed E-state index contributed by atoms with van der Waals surface area (Å²) in [7, 11) is 1.72. The van der Waals surface area contributed by atoms with Crippen LogP contribution in [-0.2, 0) is 4.74 Å². The summed E-state index contributed by atoms with van der Waals surface area (Å²) < 4.78 is 5.24. The van der Waals surface area contributed by atoms with Crippen LogP contribution >= 0.6 is 11.6 Å². The van der Waals surface area contributed by atoms with Gasteiger partial charge in [0.15, 0.2) is 5.82 Å². The average Bonchev–Trinajstić information content (AvgIpc) is 2.28. The summed E-state index contributed by atoms with van der Waals surface area (Å²) in [5.74, 6) is 0.825. The molecule has 1 saturated heterocycles. The van der Waals surface area contributed by atoms with Gasteiger partial charge in [-0.25, -0.2) is 15.0 Å². The van der Waals surface area contributed by atoms with Crippen molar-refractivity contribution < 1.29 is 4.74 Å². The van der Waals surface area contributed by atoms with Crippen LogP contribution in [0.2, 0.25) is 5.15 Å². The Balaban J connectivity index is 2.02. The molecule has 0 saturated carbocycles. The molecule has 0 bridgehead atoms. The van der Waals surface area contributed by atoms with E-state index in [1.807, 2.05) is 6.07 Å². The molecule has 88 valence electrons. The van der Waals surface area contributed by atoms with Crippen LogP contribution in [0.4, 0.5) is 5.82 Å². The molecule has 6 heteroatoms. The summed E-state index contributed by atoms with van der Waals surface area (Å²) in [6, 6.07) is 3.58. The number of pyridine rings is 1. The lowest BCUT2D eigenvalue weighted by atomic mass is 10.1. The van der Waals surface area contributed by atoms with Gasteiger partial charge in [-0.1, -0.05) is 11.6 Å². The van der Waals surface area contributed by atoms with Crippen molar-refractivity contribution >= 4 is 28.5 Å². The lowest BCUT2D eigenvalue weighted by molar-refractivity contribution is 0.0784. The number of hydrogen-bond acceptors (Lipinski definition) is 5. The van der Waals surface area contributed by atoms with E-state index in [1.54, 1.807) is 19.5 Å². The van der Waals surface area contributed by atoms with Crippen LogP contribution in [0.25, 0.3) is 11.0 Å². The topological polar surface area (TPSA) is 51.1 Å². The monoisotopic (exact) mass is 250 g/mol. The Morgan fingerprint density at radius 2 is 2.18 bits per heavy atom. The molecule has 0 radical (unpaired) electrons. The van der Waals surface area contributed by atoms with Crippen molar-refractivity contribution in [1.29, 1.82) is 0 Å². The van der Waals surface area contributed by atoms with Crippen molar-refractivity contribution in [3.05, 3.63) is 23.6 Å². The van der Waals surface area contributed by atoms with Crippen LogP contribution in [0.3, 0.4) is 0 Å². The predicted octanol–water partition coefficient (Wildman–Crippen LogP) is 1.51. The SMILES string of the molecule is COC1CN(c2ncnc3ccc(Cl)nc23)C1. The smallest absolute Gasteiger partial charge is 0.158 e. The van der Waals surface area contributed by atoms with E-state index in [0.717, 1.165) is 29.9 Å². The van der Waals surface area contributed by atoms with Crippen LogP contribution < -0.4 is 4.90 Å². The summed E-state index contributed by atoms with van der Waals surface area (Å²) in [6.45, 7) is 1.66. The molecule has 17 heavy (non-hydrogen) atoms. The Labute approximate surface area is 103 Å². The average molecular weight is 251 g/mol. The molecule has 0 amide bonds. The molecule has 1 aliphatic heterocycles. The Morgan fingerprint density at radius 3 is 2.94 bits per heavy atom. The van der Waals surface area contributed by atoms with E-state index in [-0.39, 0.29) is 6.10 Å². The Bertz CT molecular complexity index is 556.